The van der Waals surface area contributed by atoms with Crippen LogP contribution < -0.4 is 0 Å². The van der Waals surface area contributed by atoms with Crippen LogP contribution in [0.25, 0.3) is 11.1 Å². The molecule has 0 atom stereocenters. The maximum atomic E-state index is 5.77. The second-order valence-corrected chi connectivity index (χ2v) is 2.43. The van der Waals surface area contributed by atoms with Crippen molar-refractivity contribution in [2.45, 2.75) is 0 Å². The molecule has 0 fully saturated rings. The quantitative estimate of drug-likeness (QED) is 0.564. The number of hydrogen-bond donors (Lipinski definition) is 0. The minimum absolute atomic E-state index is 0.613. The Morgan fingerprint density at radius 3 is 3.10 bits per heavy atom. The van der Waals surface area contributed by atoms with Gasteiger partial charge in [0, 0.05) is 11.1 Å². The molecule has 0 N–H and O–H groups in total. The molecule has 0 unspecified atom stereocenters. The largest absolute Gasteiger partial charge is 0.470 e. The molecule has 1 aliphatic carbocycles. The van der Waals surface area contributed by atoms with E-state index in [0.717, 1.165) is 11.1 Å². The summed E-state index contributed by atoms with van der Waals surface area (Å²) in [5.41, 5.74) is 1.92. The highest BCUT2D eigenvalue weighted by molar-refractivity contribution is 6.33. The molecule has 2 aliphatic rings. The Hall–Kier alpha value is -0.950. The molecule has 0 aromatic heterocycles. The molecule has 0 amide bonds. The van der Waals surface area contributed by atoms with Gasteiger partial charge in [-0.25, -0.2) is 0 Å². The molecule has 2 rings (SSSR count). The summed E-state index contributed by atoms with van der Waals surface area (Å²) in [7, 11) is 0. The number of hydrogen-bond acceptors (Lipinski definition) is 1. The normalized spacial score (nSPS) is 10.5. The van der Waals surface area contributed by atoms with E-state index < -0.39 is 0 Å². The number of rotatable bonds is 0. The molecule has 0 saturated carbocycles. The molecular weight excluding hydrogens is 148 g/mol. The first kappa shape index (κ1) is 5.81. The van der Waals surface area contributed by atoms with E-state index >= 15 is 0 Å². The highest BCUT2D eigenvalue weighted by Gasteiger charge is 2.05. The summed E-state index contributed by atoms with van der Waals surface area (Å²) in [5.74, 6) is 0. The van der Waals surface area contributed by atoms with E-state index in [4.69, 9.17) is 16.0 Å². The molecule has 0 saturated heterocycles. The fourth-order valence-electron chi connectivity index (χ4n) is 0.912. The Labute approximate surface area is 63.6 Å². The number of fused-ring (bicyclic) bond motifs is 1. The van der Waals surface area contributed by atoms with Crippen molar-refractivity contribution in [2.75, 3.05) is 0 Å². The summed E-state index contributed by atoms with van der Waals surface area (Å²) in [6.45, 7) is 0. The van der Waals surface area contributed by atoms with E-state index in [9.17, 15) is 0 Å². The van der Waals surface area contributed by atoms with E-state index in [1.165, 1.54) is 6.26 Å². The molecule has 49 valence electrons. The van der Waals surface area contributed by atoms with Crippen LogP contribution in [0.15, 0.2) is 29.1 Å². The maximum Gasteiger partial charge on any atom is 0.109 e. The van der Waals surface area contributed by atoms with Gasteiger partial charge in [-0.15, -0.1) is 0 Å². The van der Waals surface area contributed by atoms with Crippen LogP contribution in [0.3, 0.4) is 0 Å². The molecule has 0 aromatic carbocycles. The maximum absolute atomic E-state index is 5.77. The third-order valence-corrected chi connectivity index (χ3v) is 1.66. The molecule has 1 aliphatic heterocycles. The first-order valence-electron chi connectivity index (χ1n) is 2.90. The number of halogens is 1. The van der Waals surface area contributed by atoms with Gasteiger partial charge in [0.05, 0.1) is 11.3 Å². The topological polar surface area (TPSA) is 13.1 Å². The van der Waals surface area contributed by atoms with Crippen LogP contribution in [-0.2, 0) is 0 Å². The Kier molecular flexibility index (Phi) is 1.18. The molecular formula is C8H4ClO. The molecule has 1 nitrogen and oxygen atoms in total. The van der Waals surface area contributed by atoms with Gasteiger partial charge in [-0.1, -0.05) is 23.7 Å². The van der Waals surface area contributed by atoms with Gasteiger partial charge in [0.2, 0.25) is 0 Å². The zero-order valence-electron chi connectivity index (χ0n) is 5.10. The molecule has 1 radical (unpaired) electrons. The Morgan fingerprint density at radius 2 is 2.30 bits per heavy atom. The average Bonchev–Trinajstić information content (AvgIpc) is 2.36. The summed E-state index contributed by atoms with van der Waals surface area (Å²) in [6, 6.07) is 6.73. The Balaban J connectivity index is 2.80. The summed E-state index contributed by atoms with van der Waals surface area (Å²) in [6.07, 6.45) is 3.15. The predicted molar refractivity (Wildman–Crippen MR) is 39.2 cm³/mol. The first-order chi connectivity index (χ1) is 4.88. The molecule has 1 heterocycles. The van der Waals surface area contributed by atoms with E-state index in [1.807, 2.05) is 12.1 Å². The van der Waals surface area contributed by atoms with Crippen LogP contribution in [0.5, 0.6) is 0 Å². The fourth-order valence-corrected chi connectivity index (χ4v) is 1.13. The van der Waals surface area contributed by atoms with E-state index in [0.29, 0.717) is 5.02 Å². The zero-order chi connectivity index (χ0) is 6.97. The summed E-state index contributed by atoms with van der Waals surface area (Å²) in [5, 5.41) is 0.613. The third kappa shape index (κ3) is 0.711. The minimum atomic E-state index is 0.613. The molecule has 0 spiro atoms. The summed E-state index contributed by atoms with van der Waals surface area (Å²) in [4.78, 5) is 0. The van der Waals surface area contributed by atoms with Crippen molar-refractivity contribution < 1.29 is 4.42 Å². The zero-order valence-corrected chi connectivity index (χ0v) is 5.85. The molecule has 0 aromatic rings. The van der Waals surface area contributed by atoms with Crippen molar-refractivity contribution in [3.05, 3.63) is 35.7 Å². The molecule has 10 heavy (non-hydrogen) atoms. The average molecular weight is 152 g/mol. The van der Waals surface area contributed by atoms with E-state index in [-0.39, 0.29) is 0 Å². The smallest absolute Gasteiger partial charge is 0.109 e. The highest BCUT2D eigenvalue weighted by Crippen LogP contribution is 2.29. The van der Waals surface area contributed by atoms with Crippen LogP contribution in [0.1, 0.15) is 0 Å². The van der Waals surface area contributed by atoms with Crippen LogP contribution in [-0.4, -0.2) is 0 Å². The second kappa shape index (κ2) is 2.03. The van der Waals surface area contributed by atoms with Crippen molar-refractivity contribution in [1.29, 1.82) is 0 Å². The summed E-state index contributed by atoms with van der Waals surface area (Å²) >= 11 is 5.77. The third-order valence-electron chi connectivity index (χ3n) is 1.38. The van der Waals surface area contributed by atoms with Gasteiger partial charge in [-0.2, -0.15) is 0 Å². The van der Waals surface area contributed by atoms with Gasteiger partial charge in [0.25, 0.3) is 0 Å². The molecule has 2 heteroatoms. The van der Waals surface area contributed by atoms with Gasteiger partial charge in [0.1, 0.15) is 6.26 Å². The first-order valence-corrected chi connectivity index (χ1v) is 3.28. The molecule has 0 bridgehead atoms. The van der Waals surface area contributed by atoms with Gasteiger partial charge in [-0.05, 0) is 6.07 Å². The Bertz CT molecular complexity index is 313. The van der Waals surface area contributed by atoms with Crippen molar-refractivity contribution in [3.63, 3.8) is 0 Å². The van der Waals surface area contributed by atoms with Crippen LogP contribution in [0.4, 0.5) is 0 Å². The lowest BCUT2D eigenvalue weighted by Crippen LogP contribution is -1.72. The van der Waals surface area contributed by atoms with E-state index in [2.05, 4.69) is 6.07 Å². The monoisotopic (exact) mass is 151 g/mol. The lowest BCUT2D eigenvalue weighted by molar-refractivity contribution is 0.552. The van der Waals surface area contributed by atoms with Crippen molar-refractivity contribution in [3.8, 4) is 11.1 Å². The second-order valence-electron chi connectivity index (χ2n) is 2.03. The van der Waals surface area contributed by atoms with Crippen molar-refractivity contribution in [2.24, 2.45) is 0 Å². The highest BCUT2D eigenvalue weighted by atomic mass is 35.5. The van der Waals surface area contributed by atoms with Gasteiger partial charge < -0.3 is 4.42 Å². The van der Waals surface area contributed by atoms with Gasteiger partial charge in [0.15, 0.2) is 0 Å². The lowest BCUT2D eigenvalue weighted by Gasteiger charge is -1.96. The standard InChI is InChI=1S/C8H4ClO/c9-8-5-10-4-6-2-1-3-7(6)8/h1-2,4-5H. The van der Waals surface area contributed by atoms with Crippen LogP contribution in [0, 0.1) is 6.07 Å². The lowest BCUT2D eigenvalue weighted by atomic mass is 10.2. The fraction of sp³-hybridized carbons (Fsp3) is 0. The van der Waals surface area contributed by atoms with Gasteiger partial charge >= 0.3 is 0 Å². The summed E-state index contributed by atoms with van der Waals surface area (Å²) < 4.78 is 4.93. The SMILES string of the molecule is Clc1cocc2cc[c]c1-2. The van der Waals surface area contributed by atoms with E-state index in [1.54, 1.807) is 6.26 Å². The Morgan fingerprint density at radius 1 is 1.40 bits per heavy atom. The predicted octanol–water partition coefficient (Wildman–Crippen LogP) is 2.84. The van der Waals surface area contributed by atoms with Crippen LogP contribution in [0.2, 0.25) is 5.02 Å². The van der Waals surface area contributed by atoms with Crippen molar-refractivity contribution in [1.82, 2.24) is 0 Å². The van der Waals surface area contributed by atoms with Gasteiger partial charge in [-0.3, -0.25) is 0 Å². The van der Waals surface area contributed by atoms with Crippen LogP contribution >= 0.6 is 11.6 Å². The minimum Gasteiger partial charge on any atom is -0.470 e. The van der Waals surface area contributed by atoms with Crippen molar-refractivity contribution >= 4 is 11.6 Å².